The lowest BCUT2D eigenvalue weighted by atomic mass is 10.1. The predicted octanol–water partition coefficient (Wildman–Crippen LogP) is 2.58. The van der Waals surface area contributed by atoms with Gasteiger partial charge in [0.15, 0.2) is 0 Å². The van der Waals surface area contributed by atoms with E-state index in [0.29, 0.717) is 11.6 Å². The maximum absolute atomic E-state index is 6.11. The second-order valence-electron chi connectivity index (χ2n) is 4.83. The molecule has 1 aromatic heterocycles. The first kappa shape index (κ1) is 14.9. The van der Waals surface area contributed by atoms with Gasteiger partial charge in [-0.3, -0.25) is 4.68 Å². The highest BCUT2D eigenvalue weighted by Gasteiger charge is 2.10. The number of nitrogens with zero attached hydrogens (tertiary/aromatic N) is 2. The third kappa shape index (κ3) is 3.99. The van der Waals surface area contributed by atoms with Crippen molar-refractivity contribution in [1.29, 1.82) is 0 Å². The minimum absolute atomic E-state index is 0.0641. The molecule has 0 saturated heterocycles. The Morgan fingerprint density at radius 2 is 2.05 bits per heavy atom. The van der Waals surface area contributed by atoms with Crippen LogP contribution in [-0.4, -0.2) is 22.4 Å². The largest absolute Gasteiger partial charge is 0.492 e. The van der Waals surface area contributed by atoms with Crippen LogP contribution in [0.2, 0.25) is 5.02 Å². The van der Waals surface area contributed by atoms with Crippen molar-refractivity contribution in [1.82, 2.24) is 9.78 Å². The molecule has 0 saturated carbocycles. The zero-order valence-corrected chi connectivity index (χ0v) is 12.6. The van der Waals surface area contributed by atoms with Crippen LogP contribution in [0, 0.1) is 0 Å². The Bertz CT molecular complexity index is 551. The van der Waals surface area contributed by atoms with Gasteiger partial charge in [0.05, 0.1) is 5.69 Å². The number of hydrogen-bond acceptors (Lipinski definition) is 3. The van der Waals surface area contributed by atoms with Gasteiger partial charge in [0, 0.05) is 30.2 Å². The van der Waals surface area contributed by atoms with E-state index >= 15 is 0 Å². The van der Waals surface area contributed by atoms with E-state index in [9.17, 15) is 0 Å². The van der Waals surface area contributed by atoms with Crippen LogP contribution in [-0.2, 0) is 19.9 Å². The van der Waals surface area contributed by atoms with Crippen LogP contribution in [0.25, 0.3) is 0 Å². The van der Waals surface area contributed by atoms with Gasteiger partial charge >= 0.3 is 0 Å². The van der Waals surface area contributed by atoms with Crippen molar-refractivity contribution in [2.45, 2.75) is 25.8 Å². The number of aryl methyl sites for hydroxylation is 2. The highest BCUT2D eigenvalue weighted by Crippen LogP contribution is 2.16. The summed E-state index contributed by atoms with van der Waals surface area (Å²) in [7, 11) is 1.95. The van der Waals surface area contributed by atoms with E-state index in [1.165, 1.54) is 0 Å². The lowest BCUT2D eigenvalue weighted by molar-refractivity contribution is 0.286. The molecule has 0 aliphatic heterocycles. The Balaban J connectivity index is 1.87. The first-order chi connectivity index (χ1) is 9.58. The number of nitrogens with two attached hydrogens (primary N) is 1. The SMILES string of the molecule is CCc1cc(CC(N)COc2ccc(Cl)cc2)n(C)n1. The maximum atomic E-state index is 6.11. The Kier molecular flexibility index (Phi) is 5.04. The van der Waals surface area contributed by atoms with Crippen LogP contribution in [0.1, 0.15) is 18.3 Å². The first-order valence-corrected chi connectivity index (χ1v) is 7.12. The summed E-state index contributed by atoms with van der Waals surface area (Å²) < 4.78 is 7.54. The molecule has 5 heteroatoms. The summed E-state index contributed by atoms with van der Waals surface area (Å²) in [6.45, 7) is 2.56. The van der Waals surface area contributed by atoms with Crippen molar-refractivity contribution in [3.8, 4) is 5.75 Å². The Morgan fingerprint density at radius 1 is 1.35 bits per heavy atom. The van der Waals surface area contributed by atoms with E-state index in [0.717, 1.165) is 30.0 Å². The first-order valence-electron chi connectivity index (χ1n) is 6.74. The summed E-state index contributed by atoms with van der Waals surface area (Å²) in [5.41, 5.74) is 8.34. The van der Waals surface area contributed by atoms with Gasteiger partial charge in [-0.05, 0) is 36.8 Å². The molecule has 0 fully saturated rings. The van der Waals surface area contributed by atoms with Gasteiger partial charge in [0.1, 0.15) is 12.4 Å². The average Bonchev–Trinajstić information content (AvgIpc) is 2.79. The van der Waals surface area contributed by atoms with E-state index in [1.807, 2.05) is 23.9 Å². The van der Waals surface area contributed by atoms with Gasteiger partial charge < -0.3 is 10.5 Å². The summed E-state index contributed by atoms with van der Waals surface area (Å²) in [4.78, 5) is 0. The Hall–Kier alpha value is -1.52. The molecule has 0 spiro atoms. The molecule has 20 heavy (non-hydrogen) atoms. The van der Waals surface area contributed by atoms with Gasteiger partial charge in [-0.25, -0.2) is 0 Å². The average molecular weight is 294 g/mol. The summed E-state index contributed by atoms with van der Waals surface area (Å²) >= 11 is 5.83. The molecule has 1 atom stereocenters. The van der Waals surface area contributed by atoms with Gasteiger partial charge in [0.2, 0.25) is 0 Å². The van der Waals surface area contributed by atoms with E-state index in [4.69, 9.17) is 22.1 Å². The molecular formula is C15H20ClN3O. The molecule has 0 radical (unpaired) electrons. The number of aromatic nitrogens is 2. The van der Waals surface area contributed by atoms with E-state index in [-0.39, 0.29) is 6.04 Å². The molecule has 4 nitrogen and oxygen atoms in total. The number of benzene rings is 1. The van der Waals surface area contributed by atoms with Crippen molar-refractivity contribution in [2.24, 2.45) is 12.8 Å². The molecular weight excluding hydrogens is 274 g/mol. The van der Waals surface area contributed by atoms with Crippen LogP contribution < -0.4 is 10.5 Å². The smallest absolute Gasteiger partial charge is 0.119 e. The molecule has 0 aliphatic rings. The second kappa shape index (κ2) is 6.77. The van der Waals surface area contributed by atoms with E-state index in [1.54, 1.807) is 12.1 Å². The Labute approximate surface area is 124 Å². The molecule has 1 aromatic carbocycles. The van der Waals surface area contributed by atoms with E-state index < -0.39 is 0 Å². The molecule has 0 aliphatic carbocycles. The zero-order valence-electron chi connectivity index (χ0n) is 11.8. The van der Waals surface area contributed by atoms with Crippen molar-refractivity contribution < 1.29 is 4.74 Å². The fourth-order valence-electron chi connectivity index (χ4n) is 2.00. The van der Waals surface area contributed by atoms with Crippen LogP contribution in [0.5, 0.6) is 5.75 Å². The third-order valence-corrected chi connectivity index (χ3v) is 3.39. The summed E-state index contributed by atoms with van der Waals surface area (Å²) in [6.07, 6.45) is 1.68. The van der Waals surface area contributed by atoms with Gasteiger partial charge in [-0.2, -0.15) is 5.10 Å². The second-order valence-corrected chi connectivity index (χ2v) is 5.27. The van der Waals surface area contributed by atoms with E-state index in [2.05, 4.69) is 18.1 Å². The van der Waals surface area contributed by atoms with Gasteiger partial charge in [-0.1, -0.05) is 18.5 Å². The standard InChI is InChI=1S/C15H20ClN3O/c1-3-13-9-14(19(2)18-13)8-12(17)10-20-15-6-4-11(16)5-7-15/h4-7,9,12H,3,8,10,17H2,1-2H3. The zero-order chi connectivity index (χ0) is 14.5. The molecule has 2 rings (SSSR count). The van der Waals surface area contributed by atoms with Gasteiger partial charge in [0.25, 0.3) is 0 Å². The van der Waals surface area contributed by atoms with Crippen LogP contribution in [0.3, 0.4) is 0 Å². The van der Waals surface area contributed by atoms with Gasteiger partial charge in [-0.15, -0.1) is 0 Å². The van der Waals surface area contributed by atoms with Crippen molar-refractivity contribution in [3.63, 3.8) is 0 Å². The monoisotopic (exact) mass is 293 g/mol. The fourth-order valence-corrected chi connectivity index (χ4v) is 2.12. The lowest BCUT2D eigenvalue weighted by Gasteiger charge is -2.13. The van der Waals surface area contributed by atoms with Crippen LogP contribution in [0.15, 0.2) is 30.3 Å². The third-order valence-electron chi connectivity index (χ3n) is 3.14. The molecule has 2 aromatic rings. The van der Waals surface area contributed by atoms with Crippen molar-refractivity contribution in [2.75, 3.05) is 6.61 Å². The molecule has 1 unspecified atom stereocenters. The number of halogens is 1. The number of ether oxygens (including phenoxy) is 1. The van der Waals surface area contributed by atoms with Crippen molar-refractivity contribution >= 4 is 11.6 Å². The Morgan fingerprint density at radius 3 is 2.65 bits per heavy atom. The fraction of sp³-hybridized carbons (Fsp3) is 0.400. The number of rotatable bonds is 6. The maximum Gasteiger partial charge on any atom is 0.119 e. The van der Waals surface area contributed by atoms with Crippen LogP contribution >= 0.6 is 11.6 Å². The topological polar surface area (TPSA) is 53.1 Å². The minimum atomic E-state index is -0.0641. The predicted molar refractivity (Wildman–Crippen MR) is 81.2 cm³/mol. The highest BCUT2D eigenvalue weighted by molar-refractivity contribution is 6.30. The molecule has 108 valence electrons. The molecule has 1 heterocycles. The molecule has 2 N–H and O–H groups in total. The quantitative estimate of drug-likeness (QED) is 0.890. The van der Waals surface area contributed by atoms with Crippen molar-refractivity contribution in [3.05, 3.63) is 46.7 Å². The summed E-state index contributed by atoms with van der Waals surface area (Å²) in [6, 6.07) is 9.32. The normalized spacial score (nSPS) is 12.4. The summed E-state index contributed by atoms with van der Waals surface area (Å²) in [5, 5.41) is 5.11. The molecule has 0 bridgehead atoms. The molecule has 0 amide bonds. The van der Waals surface area contributed by atoms with Crippen LogP contribution in [0.4, 0.5) is 0 Å². The minimum Gasteiger partial charge on any atom is -0.492 e. The number of hydrogen-bond donors (Lipinski definition) is 1. The summed E-state index contributed by atoms with van der Waals surface area (Å²) in [5.74, 6) is 0.782. The lowest BCUT2D eigenvalue weighted by Crippen LogP contribution is -2.30. The highest BCUT2D eigenvalue weighted by atomic mass is 35.5.